The van der Waals surface area contributed by atoms with Crippen LogP contribution in [0, 0.1) is 0 Å². The summed E-state index contributed by atoms with van der Waals surface area (Å²) in [5.74, 6) is -0.141. The quantitative estimate of drug-likeness (QED) is 0.0237. The van der Waals surface area contributed by atoms with Gasteiger partial charge < -0.3 is 81.3 Å². The summed E-state index contributed by atoms with van der Waals surface area (Å²) in [7, 11) is 0. The molecule has 0 aliphatic rings. The van der Waals surface area contributed by atoms with E-state index in [4.69, 9.17) is 22.4 Å². The molecule has 0 atom stereocenters. The van der Waals surface area contributed by atoms with Crippen LogP contribution in [-0.2, 0) is 40.5 Å². The molecule has 8 aromatic heterocycles. The summed E-state index contributed by atoms with van der Waals surface area (Å²) in [6.07, 6.45) is 29.8. The van der Waals surface area contributed by atoms with E-state index in [0.29, 0.717) is 83.7 Å². The zero-order valence-corrected chi connectivity index (χ0v) is 73.3. The Morgan fingerprint density at radius 3 is 0.966 bits per heavy atom. The zero-order valence-electron chi connectivity index (χ0n) is 70.1. The van der Waals surface area contributed by atoms with Gasteiger partial charge >= 0.3 is 28.5 Å². The van der Waals surface area contributed by atoms with Gasteiger partial charge in [0.2, 0.25) is 17.3 Å². The fourth-order valence-corrected chi connectivity index (χ4v) is 13.2. The van der Waals surface area contributed by atoms with Gasteiger partial charge in [-0.05, 0) is 176 Å². The van der Waals surface area contributed by atoms with E-state index in [0.717, 1.165) is 145 Å². The molecule has 0 spiro atoms. The van der Waals surface area contributed by atoms with Crippen molar-refractivity contribution < 1.29 is 84.2 Å². The normalized spacial score (nSPS) is 11.0. The molecular weight excluding hydrogens is 1630 g/mol. The molecule has 1 amide bonds. The number of amides is 1. The van der Waals surface area contributed by atoms with Crippen molar-refractivity contribution >= 4 is 127 Å². The van der Waals surface area contributed by atoms with Crippen LogP contribution in [0.15, 0.2) is 232 Å². The average molecular weight is 1740 g/mol. The highest BCUT2D eigenvalue weighted by Gasteiger charge is 2.16. The molecule has 8 heterocycles. The van der Waals surface area contributed by atoms with Gasteiger partial charge in [0.25, 0.3) is 0 Å². The molecule has 0 bridgehead atoms. The number of nitrogens with zero attached hydrogens (tertiary/aromatic N) is 8. The number of benzene rings is 4. The van der Waals surface area contributed by atoms with E-state index in [-0.39, 0.29) is 75.8 Å². The first-order chi connectivity index (χ1) is 56.4. The number of ether oxygens (including phenoxy) is 1. The molecule has 4 aromatic carbocycles. The molecule has 22 heteroatoms. The standard InChI is InChI=1S/C25H29N3O3.C25H29N2O4.2C23H27N2O2.CH4.2BrH/c1-4-24(29)26-13-16-27-14-11-19(12-15-27)7-8-21-17-20-9-10-22(28(5-2)6-3)18-23(20)31-25(21)30;1-4-24(28)30-16-15-26-13-11-19(12-14-26)7-8-21-17-20-9-10-22(27(5-2)6-3)18-23(20)31-25(21)29;2*1-4-14-25-15-8-7-9-20(25)12-11-19-16-18-10-13-21(24(5-2)6-3)17-22(18)27-23(19)26;;;/h7-12,14-15,17-18H,4-6,13,16H2,1-3H3;7-14,17-18H,4-6,15-16H2,1-3H3;2*7-13,15-17H,4-6,14H2,1-3H3;1H4;2*1H/q;3*+1;;;/p-1. The van der Waals surface area contributed by atoms with E-state index in [2.05, 4.69) is 140 Å². The van der Waals surface area contributed by atoms with Crippen LogP contribution in [0.4, 0.5) is 22.7 Å². The van der Waals surface area contributed by atoms with Crippen molar-refractivity contribution in [3.8, 4) is 0 Å². The van der Waals surface area contributed by atoms with Crippen LogP contribution in [0.2, 0.25) is 0 Å². The lowest BCUT2D eigenvalue weighted by Crippen LogP contribution is -3.00. The highest BCUT2D eigenvalue weighted by molar-refractivity contribution is 5.87. The molecule has 0 saturated heterocycles. The number of pyridine rings is 4. The van der Waals surface area contributed by atoms with Crippen molar-refractivity contribution in [2.45, 2.75) is 142 Å². The maximum atomic E-state index is 12.5. The molecular formula is C97H117Br2N9O11+2. The molecule has 12 aromatic rings. The Hall–Kier alpha value is -11.6. The summed E-state index contributed by atoms with van der Waals surface area (Å²) in [4.78, 5) is 81.2. The Kier molecular flexibility index (Phi) is 40.1. The van der Waals surface area contributed by atoms with Crippen LogP contribution >= 0.6 is 0 Å². The van der Waals surface area contributed by atoms with Crippen molar-refractivity contribution in [3.05, 3.63) is 281 Å². The number of esters is 1. The molecule has 0 unspecified atom stereocenters. The SMILES string of the molecule is C.CCC(=O)NCC[n+]1ccc(/C=C/c2cc3ccc(N(CC)CC)cc3oc2=O)cc1.CCC(=O)OCC[n+]1ccc(/C=C/c2cc3ccc(N(CC)CC)cc3oc2=O)cc1.CCC[n+]1ccccc1/C=C/c1cc2ccc(N(CC)CC)cc2oc1=O.CCC[n+]1ccccc1/C=C/c1cc2ccc(N(CC)CC)cc2oc1=O.[Br-].[Br-]. The van der Waals surface area contributed by atoms with Gasteiger partial charge in [-0.1, -0.05) is 47.3 Å². The number of halogens is 2. The fourth-order valence-electron chi connectivity index (χ4n) is 13.2. The monoisotopic (exact) mass is 1740 g/mol. The largest absolute Gasteiger partial charge is 1.00 e. The Labute approximate surface area is 720 Å². The molecule has 0 saturated carbocycles. The molecule has 0 aliphatic carbocycles. The molecule has 12 rings (SSSR count). The summed E-state index contributed by atoms with van der Waals surface area (Å²) in [5, 5.41) is 6.51. The van der Waals surface area contributed by atoms with Gasteiger partial charge in [-0.2, -0.15) is 9.13 Å². The lowest BCUT2D eigenvalue weighted by molar-refractivity contribution is -0.698. The van der Waals surface area contributed by atoms with Gasteiger partial charge in [-0.3, -0.25) is 9.59 Å². The second kappa shape index (κ2) is 49.6. The van der Waals surface area contributed by atoms with Gasteiger partial charge in [0.05, 0.1) is 28.8 Å². The van der Waals surface area contributed by atoms with E-state index in [1.54, 1.807) is 19.1 Å². The minimum absolute atomic E-state index is 0. The van der Waals surface area contributed by atoms with Crippen molar-refractivity contribution in [1.82, 2.24) is 5.32 Å². The first-order valence-corrected chi connectivity index (χ1v) is 40.8. The molecule has 119 heavy (non-hydrogen) atoms. The number of aromatic nitrogens is 4. The van der Waals surface area contributed by atoms with Gasteiger partial charge in [0.1, 0.15) is 35.4 Å². The van der Waals surface area contributed by atoms with Crippen LogP contribution in [0.25, 0.3) is 92.5 Å². The summed E-state index contributed by atoms with van der Waals surface area (Å²) >= 11 is 0. The third-order valence-electron chi connectivity index (χ3n) is 19.9. The first kappa shape index (κ1) is 96.2. The summed E-state index contributed by atoms with van der Waals surface area (Å²) in [6.45, 7) is 36.2. The molecule has 20 nitrogen and oxygen atoms in total. The lowest BCUT2D eigenvalue weighted by atomic mass is 10.1. The predicted molar refractivity (Wildman–Crippen MR) is 478 cm³/mol. The Morgan fingerprint density at radius 2 is 0.672 bits per heavy atom. The van der Waals surface area contributed by atoms with Crippen LogP contribution in [0.5, 0.6) is 0 Å². The third-order valence-corrected chi connectivity index (χ3v) is 19.9. The number of rotatable bonds is 32. The van der Waals surface area contributed by atoms with Crippen molar-refractivity contribution in [2.24, 2.45) is 0 Å². The summed E-state index contributed by atoms with van der Waals surface area (Å²) in [6, 6.07) is 51.5. The number of carbonyl (C=O) groups excluding carboxylic acids is 2. The number of fused-ring (bicyclic) bond motifs is 4. The number of hydrogen-bond donors (Lipinski definition) is 1. The number of nitrogens with one attached hydrogen (secondary N) is 1. The van der Waals surface area contributed by atoms with Gasteiger partial charge in [0, 0.05) is 207 Å². The topological polar surface area (TPSA) is 205 Å². The minimum Gasteiger partial charge on any atom is -1.00 e. The van der Waals surface area contributed by atoms with Gasteiger partial charge in [0.15, 0.2) is 56.9 Å². The van der Waals surface area contributed by atoms with Crippen molar-refractivity contribution in [1.29, 1.82) is 0 Å². The van der Waals surface area contributed by atoms with E-state index in [9.17, 15) is 28.8 Å². The molecule has 1 N–H and O–H groups in total. The first-order valence-electron chi connectivity index (χ1n) is 40.8. The fraction of sp³-hybridized carbons (Fsp3) is 0.320. The van der Waals surface area contributed by atoms with E-state index in [1.807, 2.05) is 211 Å². The van der Waals surface area contributed by atoms with E-state index < -0.39 is 0 Å². The molecule has 0 radical (unpaired) electrons. The predicted octanol–water partition coefficient (Wildman–Crippen LogP) is 11.3. The molecule has 0 aliphatic heterocycles. The van der Waals surface area contributed by atoms with Gasteiger partial charge in [-0.25, -0.2) is 28.3 Å². The summed E-state index contributed by atoms with van der Waals surface area (Å²) < 4.78 is 35.7. The number of anilines is 4. The zero-order chi connectivity index (χ0) is 82.9. The Morgan fingerprint density at radius 1 is 0.361 bits per heavy atom. The maximum absolute atomic E-state index is 12.5. The minimum atomic E-state index is -0.357. The number of hydrogen-bond acceptors (Lipinski definition) is 15. The lowest BCUT2D eigenvalue weighted by Gasteiger charge is -2.20. The van der Waals surface area contributed by atoms with Crippen molar-refractivity contribution in [3.63, 3.8) is 0 Å². The number of carbonyl (C=O) groups is 2. The Bertz CT molecular complexity index is 5280. The average Bonchev–Trinajstić information content (AvgIpc) is 0.818. The second-order valence-corrected chi connectivity index (χ2v) is 27.5. The van der Waals surface area contributed by atoms with Crippen LogP contribution in [-0.4, -0.2) is 77.4 Å². The third kappa shape index (κ3) is 27.7. The molecule has 0 fully saturated rings. The van der Waals surface area contributed by atoms with Crippen LogP contribution < -0.4 is 99.7 Å². The summed E-state index contributed by atoms with van der Waals surface area (Å²) in [5.41, 5.74) is 11.6. The van der Waals surface area contributed by atoms with E-state index >= 15 is 0 Å². The highest BCUT2D eigenvalue weighted by Crippen LogP contribution is 2.27. The Balaban J connectivity index is 0.000000245. The molecule has 628 valence electrons. The van der Waals surface area contributed by atoms with Crippen LogP contribution in [0.3, 0.4) is 0 Å². The maximum Gasteiger partial charge on any atom is 0.343 e. The number of aryl methyl sites for hydroxylation is 2. The smallest absolute Gasteiger partial charge is 0.343 e. The second-order valence-electron chi connectivity index (χ2n) is 27.5. The highest BCUT2D eigenvalue weighted by atomic mass is 79.9. The van der Waals surface area contributed by atoms with Crippen LogP contribution in [0.1, 0.15) is 161 Å². The van der Waals surface area contributed by atoms with E-state index in [1.165, 1.54) is 0 Å². The van der Waals surface area contributed by atoms with Gasteiger partial charge in [-0.15, -0.1) is 0 Å². The van der Waals surface area contributed by atoms with Crippen molar-refractivity contribution in [2.75, 3.05) is 85.1 Å².